The van der Waals surface area contributed by atoms with E-state index in [0.717, 1.165) is 18.9 Å². The third kappa shape index (κ3) is 1.22. The Labute approximate surface area is 73.3 Å². The summed E-state index contributed by atoms with van der Waals surface area (Å²) in [5.41, 5.74) is 0. The third-order valence-electron chi connectivity index (χ3n) is 3.57. The van der Waals surface area contributed by atoms with E-state index in [1.54, 1.807) is 0 Å². The molecule has 0 aromatic carbocycles. The molecule has 0 spiro atoms. The van der Waals surface area contributed by atoms with Gasteiger partial charge in [0.15, 0.2) is 0 Å². The monoisotopic (exact) mass is 169 g/mol. The number of quaternary nitrogens is 1. The topological polar surface area (TPSA) is 29.1 Å². The van der Waals surface area contributed by atoms with E-state index in [1.165, 1.54) is 30.4 Å². The largest absolute Gasteiger partial charge is 0.350 e. The summed E-state index contributed by atoms with van der Waals surface area (Å²) in [5, 5.41) is 2.94. The molecular weight excluding hydrogens is 152 g/mol. The van der Waals surface area contributed by atoms with Crippen molar-refractivity contribution in [2.75, 3.05) is 26.7 Å². The van der Waals surface area contributed by atoms with E-state index in [4.69, 9.17) is 0 Å². The average molecular weight is 169 g/mol. The molecule has 3 aliphatic heterocycles. The Hall–Kier alpha value is -0.570. The number of fused-ring (bicyclic) bond motifs is 3. The highest BCUT2D eigenvalue weighted by Gasteiger charge is 2.42. The van der Waals surface area contributed by atoms with E-state index in [9.17, 15) is 4.79 Å². The van der Waals surface area contributed by atoms with Gasteiger partial charge in [-0.25, -0.2) is 0 Å². The predicted molar refractivity (Wildman–Crippen MR) is 46.5 cm³/mol. The van der Waals surface area contributed by atoms with Crippen molar-refractivity contribution in [3.8, 4) is 0 Å². The van der Waals surface area contributed by atoms with Crippen molar-refractivity contribution in [3.05, 3.63) is 0 Å². The normalized spacial score (nSPS) is 45.8. The SMILES string of the molecule is C[N+]12CCC(CC1)C(NC=O)C2. The zero-order chi connectivity index (χ0) is 8.60. The van der Waals surface area contributed by atoms with Crippen LogP contribution in [0, 0.1) is 5.92 Å². The van der Waals surface area contributed by atoms with Gasteiger partial charge in [0.2, 0.25) is 6.41 Å². The summed E-state index contributed by atoms with van der Waals surface area (Å²) in [6.07, 6.45) is 3.45. The van der Waals surface area contributed by atoms with Gasteiger partial charge >= 0.3 is 0 Å². The molecule has 2 bridgehead atoms. The highest BCUT2D eigenvalue weighted by molar-refractivity contribution is 5.46. The summed E-state index contributed by atoms with van der Waals surface area (Å²) in [6.45, 7) is 3.76. The first-order chi connectivity index (χ1) is 5.73. The van der Waals surface area contributed by atoms with Crippen molar-refractivity contribution < 1.29 is 9.28 Å². The molecule has 3 rings (SSSR count). The summed E-state index contributed by atoms with van der Waals surface area (Å²) >= 11 is 0. The van der Waals surface area contributed by atoms with Crippen LogP contribution in [0.15, 0.2) is 0 Å². The zero-order valence-electron chi connectivity index (χ0n) is 7.62. The van der Waals surface area contributed by atoms with Gasteiger partial charge in [-0.15, -0.1) is 0 Å². The van der Waals surface area contributed by atoms with E-state index < -0.39 is 0 Å². The molecule has 3 nitrogen and oxygen atoms in total. The molecule has 0 aromatic heterocycles. The minimum atomic E-state index is 0.454. The lowest BCUT2D eigenvalue weighted by atomic mass is 9.82. The molecule has 3 fully saturated rings. The Kier molecular flexibility index (Phi) is 1.83. The van der Waals surface area contributed by atoms with Crippen LogP contribution in [0.2, 0.25) is 0 Å². The molecule has 68 valence electrons. The van der Waals surface area contributed by atoms with Gasteiger partial charge in [-0.1, -0.05) is 0 Å². The van der Waals surface area contributed by atoms with Gasteiger partial charge in [0.05, 0.1) is 32.7 Å². The Morgan fingerprint density at radius 1 is 1.42 bits per heavy atom. The number of nitrogens with zero attached hydrogens (tertiary/aromatic N) is 1. The van der Waals surface area contributed by atoms with Crippen molar-refractivity contribution in [1.82, 2.24) is 5.32 Å². The molecule has 1 unspecified atom stereocenters. The lowest BCUT2D eigenvalue weighted by Crippen LogP contribution is -2.64. The van der Waals surface area contributed by atoms with Crippen LogP contribution in [0.4, 0.5) is 0 Å². The summed E-state index contributed by atoms with van der Waals surface area (Å²) < 4.78 is 1.17. The minimum absolute atomic E-state index is 0.454. The van der Waals surface area contributed by atoms with Crippen molar-refractivity contribution in [2.45, 2.75) is 18.9 Å². The molecule has 3 heterocycles. The molecule has 0 aliphatic carbocycles. The van der Waals surface area contributed by atoms with Crippen LogP contribution >= 0.6 is 0 Å². The van der Waals surface area contributed by atoms with Crippen LogP contribution in [0.1, 0.15) is 12.8 Å². The minimum Gasteiger partial charge on any atom is -0.350 e. The number of carbonyl (C=O) groups is 1. The molecular formula is C9H17N2O+. The van der Waals surface area contributed by atoms with Crippen LogP contribution in [0.25, 0.3) is 0 Å². The number of carbonyl (C=O) groups excluding carboxylic acids is 1. The molecule has 3 saturated heterocycles. The van der Waals surface area contributed by atoms with Crippen molar-refractivity contribution in [2.24, 2.45) is 5.92 Å². The summed E-state index contributed by atoms with van der Waals surface area (Å²) in [7, 11) is 2.30. The fourth-order valence-electron chi connectivity index (χ4n) is 2.70. The summed E-state index contributed by atoms with van der Waals surface area (Å²) in [4.78, 5) is 10.3. The van der Waals surface area contributed by atoms with Crippen molar-refractivity contribution in [1.29, 1.82) is 0 Å². The highest BCUT2D eigenvalue weighted by Crippen LogP contribution is 2.31. The molecule has 3 aliphatic rings. The molecule has 1 amide bonds. The number of likely N-dealkylation sites (N-methyl/N-ethyl adjacent to an activating group) is 1. The van der Waals surface area contributed by atoms with Gasteiger partial charge < -0.3 is 9.80 Å². The molecule has 3 heteroatoms. The number of rotatable bonds is 2. The van der Waals surface area contributed by atoms with Crippen LogP contribution in [0.3, 0.4) is 0 Å². The van der Waals surface area contributed by atoms with E-state index in [-0.39, 0.29) is 0 Å². The zero-order valence-corrected chi connectivity index (χ0v) is 7.62. The van der Waals surface area contributed by atoms with Crippen LogP contribution in [-0.2, 0) is 4.79 Å². The number of hydrogen-bond acceptors (Lipinski definition) is 1. The first-order valence-electron chi connectivity index (χ1n) is 4.77. The van der Waals surface area contributed by atoms with Gasteiger partial charge in [-0.05, 0) is 5.92 Å². The molecule has 0 saturated carbocycles. The average Bonchev–Trinajstić information content (AvgIpc) is 2.05. The third-order valence-corrected chi connectivity index (χ3v) is 3.57. The lowest BCUT2D eigenvalue weighted by Gasteiger charge is -2.50. The van der Waals surface area contributed by atoms with Crippen molar-refractivity contribution >= 4 is 6.41 Å². The number of hydrogen-bond donors (Lipinski definition) is 1. The molecule has 1 atom stereocenters. The van der Waals surface area contributed by atoms with Gasteiger partial charge in [0.1, 0.15) is 0 Å². The fraction of sp³-hybridized carbons (Fsp3) is 0.889. The van der Waals surface area contributed by atoms with Crippen LogP contribution < -0.4 is 5.32 Å². The van der Waals surface area contributed by atoms with Crippen LogP contribution in [-0.4, -0.2) is 43.6 Å². The number of nitrogens with one attached hydrogen (secondary N) is 1. The Balaban J connectivity index is 2.05. The molecule has 0 aromatic rings. The molecule has 12 heavy (non-hydrogen) atoms. The van der Waals surface area contributed by atoms with E-state index in [2.05, 4.69) is 12.4 Å². The maximum Gasteiger partial charge on any atom is 0.207 e. The second kappa shape index (κ2) is 2.73. The van der Waals surface area contributed by atoms with Gasteiger partial charge in [0, 0.05) is 12.8 Å². The Bertz CT molecular complexity index is 185. The van der Waals surface area contributed by atoms with Crippen molar-refractivity contribution in [3.63, 3.8) is 0 Å². The van der Waals surface area contributed by atoms with Gasteiger partial charge in [-0.3, -0.25) is 4.79 Å². The maximum atomic E-state index is 10.3. The van der Waals surface area contributed by atoms with Gasteiger partial charge in [0.25, 0.3) is 0 Å². The maximum absolute atomic E-state index is 10.3. The van der Waals surface area contributed by atoms with E-state index in [1.807, 2.05) is 0 Å². The Morgan fingerprint density at radius 2 is 2.08 bits per heavy atom. The summed E-state index contributed by atoms with van der Waals surface area (Å²) in [6, 6.07) is 0.454. The van der Waals surface area contributed by atoms with E-state index >= 15 is 0 Å². The Morgan fingerprint density at radius 3 is 2.58 bits per heavy atom. The van der Waals surface area contributed by atoms with E-state index in [0.29, 0.717) is 6.04 Å². The number of piperidine rings is 3. The standard InChI is InChI=1S/C9H16N2O/c1-11-4-2-8(3-5-11)9(6-11)10-7-12/h7-9H,2-6H2,1H3/p+1. The smallest absolute Gasteiger partial charge is 0.207 e. The molecule has 1 N–H and O–H groups in total. The number of amides is 1. The molecule has 0 radical (unpaired) electrons. The second-order valence-electron chi connectivity index (χ2n) is 4.48. The first kappa shape index (κ1) is 8.05. The quantitative estimate of drug-likeness (QED) is 0.456. The fourth-order valence-corrected chi connectivity index (χ4v) is 2.70. The summed E-state index contributed by atoms with van der Waals surface area (Å²) in [5.74, 6) is 0.759. The highest BCUT2D eigenvalue weighted by atomic mass is 16.1. The van der Waals surface area contributed by atoms with Gasteiger partial charge in [-0.2, -0.15) is 0 Å². The first-order valence-corrected chi connectivity index (χ1v) is 4.77. The lowest BCUT2D eigenvalue weighted by molar-refractivity contribution is -0.925. The predicted octanol–water partition coefficient (Wildman–Crippen LogP) is -0.0288. The van der Waals surface area contributed by atoms with Crippen LogP contribution in [0.5, 0.6) is 0 Å². The second-order valence-corrected chi connectivity index (χ2v) is 4.48.